The largest absolute Gasteiger partial charge is 0.382 e. The van der Waals surface area contributed by atoms with Crippen LogP contribution in [0.2, 0.25) is 0 Å². The molecule has 0 saturated carbocycles. The van der Waals surface area contributed by atoms with E-state index in [0.29, 0.717) is 10.3 Å². The lowest BCUT2D eigenvalue weighted by Gasteiger charge is -2.00. The number of nitrogens with one attached hydrogen (secondary N) is 1. The first-order valence-corrected chi connectivity index (χ1v) is 3.35. The van der Waals surface area contributed by atoms with Crippen molar-refractivity contribution in [2.24, 2.45) is 0 Å². The minimum absolute atomic E-state index is 0.261. The van der Waals surface area contributed by atoms with E-state index in [9.17, 15) is 0 Å². The predicted molar refractivity (Wildman–Crippen MR) is 41.8 cm³/mol. The molecular weight excluding hydrogens is 198 g/mol. The van der Waals surface area contributed by atoms with Gasteiger partial charge in [0, 0.05) is 0 Å². The van der Waals surface area contributed by atoms with Gasteiger partial charge in [0.2, 0.25) is 0 Å². The van der Waals surface area contributed by atoms with Crippen molar-refractivity contribution in [1.29, 1.82) is 0 Å². The van der Waals surface area contributed by atoms with Gasteiger partial charge in [0.05, 0.1) is 0 Å². The second-order valence-electron chi connectivity index (χ2n) is 1.68. The normalized spacial score (nSPS) is 9.40. The van der Waals surface area contributed by atoms with Gasteiger partial charge in [0.15, 0.2) is 0 Å². The molecule has 1 aromatic heterocycles. The molecule has 1 rings (SSSR count). The summed E-state index contributed by atoms with van der Waals surface area (Å²) in [4.78, 5) is 3.82. The van der Waals surface area contributed by atoms with Gasteiger partial charge in [-0.2, -0.15) is 0 Å². The molecule has 0 unspecified atom stereocenters. The average Bonchev–Trinajstić information content (AvgIpc) is 1.88. The number of aromatic nitrogens is 1. The van der Waals surface area contributed by atoms with Gasteiger partial charge in [-0.25, -0.2) is 4.98 Å². The molecule has 4 nitrogen and oxygen atoms in total. The second-order valence-corrected chi connectivity index (χ2v) is 2.49. The number of nitrogens with zero attached hydrogens (tertiary/aromatic N) is 1. The first kappa shape index (κ1) is 7.30. The lowest BCUT2D eigenvalue weighted by atomic mass is 10.4. The number of nitrogens with two attached hydrogens (primary N) is 1. The van der Waals surface area contributed by atoms with Crippen molar-refractivity contribution in [2.75, 3.05) is 11.2 Å². The van der Waals surface area contributed by atoms with E-state index in [0.717, 1.165) is 0 Å². The summed E-state index contributed by atoms with van der Waals surface area (Å²) >= 11 is 3.12. The van der Waals surface area contributed by atoms with Crippen LogP contribution in [0.1, 0.15) is 0 Å². The van der Waals surface area contributed by atoms with E-state index >= 15 is 0 Å². The van der Waals surface area contributed by atoms with Gasteiger partial charge in [-0.1, -0.05) is 0 Å². The van der Waals surface area contributed by atoms with Crippen LogP contribution in [0.15, 0.2) is 16.7 Å². The van der Waals surface area contributed by atoms with Gasteiger partial charge in [-0.05, 0) is 28.1 Å². The molecule has 0 saturated heterocycles. The van der Waals surface area contributed by atoms with Crippen LogP contribution in [-0.2, 0) is 0 Å². The smallest absolute Gasteiger partial charge is 0.150 e. The van der Waals surface area contributed by atoms with Crippen molar-refractivity contribution in [2.45, 2.75) is 0 Å². The summed E-state index contributed by atoms with van der Waals surface area (Å²) in [6.45, 7) is 0. The molecule has 10 heavy (non-hydrogen) atoms. The molecule has 1 aromatic rings. The Morgan fingerprint density at radius 3 is 2.80 bits per heavy atom. The summed E-state index contributed by atoms with van der Waals surface area (Å²) in [5, 5.41) is 8.42. The number of anilines is 2. The molecule has 0 atom stereocenters. The van der Waals surface area contributed by atoms with Crippen LogP contribution in [0.3, 0.4) is 0 Å². The summed E-state index contributed by atoms with van der Waals surface area (Å²) in [5.74, 6) is 0.261. The SMILES string of the molecule is Nc1nc(Br)ccc1NO. The molecule has 0 aliphatic rings. The molecule has 0 amide bonds. The zero-order chi connectivity index (χ0) is 7.56. The van der Waals surface area contributed by atoms with Gasteiger partial charge < -0.3 is 5.73 Å². The minimum Gasteiger partial charge on any atom is -0.382 e. The molecular formula is C5H6BrN3O. The summed E-state index contributed by atoms with van der Waals surface area (Å²) in [6.07, 6.45) is 0. The van der Waals surface area contributed by atoms with Crippen molar-refractivity contribution in [3.63, 3.8) is 0 Å². The zero-order valence-electron chi connectivity index (χ0n) is 5.00. The van der Waals surface area contributed by atoms with Gasteiger partial charge in [-0.15, -0.1) is 0 Å². The fourth-order valence-electron chi connectivity index (χ4n) is 0.545. The topological polar surface area (TPSA) is 71.2 Å². The van der Waals surface area contributed by atoms with Crippen LogP contribution in [0, 0.1) is 0 Å². The Kier molecular flexibility index (Phi) is 2.08. The predicted octanol–water partition coefficient (Wildman–Crippen LogP) is 1.23. The van der Waals surface area contributed by atoms with Gasteiger partial charge in [-0.3, -0.25) is 10.7 Å². The molecule has 0 fully saturated rings. The number of halogens is 1. The van der Waals surface area contributed by atoms with Crippen molar-refractivity contribution in [3.05, 3.63) is 16.7 Å². The van der Waals surface area contributed by atoms with E-state index in [1.54, 1.807) is 12.1 Å². The number of rotatable bonds is 1. The maximum absolute atomic E-state index is 8.42. The Hall–Kier alpha value is -0.810. The number of pyridine rings is 1. The molecule has 0 bridgehead atoms. The summed E-state index contributed by atoms with van der Waals surface area (Å²) < 4.78 is 0.643. The summed E-state index contributed by atoms with van der Waals surface area (Å²) in [7, 11) is 0. The molecule has 5 heteroatoms. The maximum Gasteiger partial charge on any atom is 0.150 e. The van der Waals surface area contributed by atoms with E-state index in [2.05, 4.69) is 20.9 Å². The first-order chi connectivity index (χ1) is 4.74. The van der Waals surface area contributed by atoms with Crippen LogP contribution >= 0.6 is 15.9 Å². The number of hydrogen-bond donors (Lipinski definition) is 3. The molecule has 54 valence electrons. The third-order valence-corrected chi connectivity index (χ3v) is 1.45. The van der Waals surface area contributed by atoms with Crippen LogP contribution < -0.4 is 11.2 Å². The number of hydrogen-bond acceptors (Lipinski definition) is 4. The van der Waals surface area contributed by atoms with E-state index in [1.165, 1.54) is 0 Å². The third kappa shape index (κ3) is 1.37. The van der Waals surface area contributed by atoms with E-state index in [-0.39, 0.29) is 5.82 Å². The Balaban J connectivity index is 3.07. The lowest BCUT2D eigenvalue weighted by Crippen LogP contribution is -1.98. The fourth-order valence-corrected chi connectivity index (χ4v) is 0.868. The van der Waals surface area contributed by atoms with E-state index < -0.39 is 0 Å². The summed E-state index contributed by atoms with van der Waals surface area (Å²) in [5.41, 5.74) is 7.69. The van der Waals surface area contributed by atoms with Gasteiger partial charge in [0.1, 0.15) is 16.1 Å². The average molecular weight is 204 g/mol. The lowest BCUT2D eigenvalue weighted by molar-refractivity contribution is 0.389. The highest BCUT2D eigenvalue weighted by Crippen LogP contribution is 2.17. The Bertz CT molecular complexity index is 240. The Labute approximate surface area is 66.2 Å². The quantitative estimate of drug-likeness (QED) is 0.475. The van der Waals surface area contributed by atoms with E-state index in [1.807, 2.05) is 5.48 Å². The van der Waals surface area contributed by atoms with Crippen molar-refractivity contribution in [3.8, 4) is 0 Å². The first-order valence-electron chi connectivity index (χ1n) is 2.56. The van der Waals surface area contributed by atoms with Crippen LogP contribution in [-0.4, -0.2) is 10.2 Å². The van der Waals surface area contributed by atoms with Crippen molar-refractivity contribution >= 4 is 27.4 Å². The third-order valence-electron chi connectivity index (χ3n) is 1.01. The molecule has 0 spiro atoms. The molecule has 4 N–H and O–H groups in total. The standard InChI is InChI=1S/C5H6BrN3O/c6-4-2-1-3(9-10)5(7)8-4/h1-2,9-10H,(H2,7,8). The zero-order valence-corrected chi connectivity index (χ0v) is 6.59. The fraction of sp³-hybridized carbons (Fsp3) is 0. The highest BCUT2D eigenvalue weighted by molar-refractivity contribution is 9.10. The molecule has 0 radical (unpaired) electrons. The molecule has 0 aliphatic heterocycles. The summed E-state index contributed by atoms with van der Waals surface area (Å²) in [6, 6.07) is 3.29. The monoisotopic (exact) mass is 203 g/mol. The minimum atomic E-state index is 0.261. The van der Waals surface area contributed by atoms with Gasteiger partial charge in [0.25, 0.3) is 0 Å². The Morgan fingerprint density at radius 1 is 1.60 bits per heavy atom. The van der Waals surface area contributed by atoms with Crippen LogP contribution in [0.4, 0.5) is 11.5 Å². The molecule has 0 aromatic carbocycles. The Morgan fingerprint density at radius 2 is 2.30 bits per heavy atom. The van der Waals surface area contributed by atoms with Crippen molar-refractivity contribution in [1.82, 2.24) is 4.98 Å². The van der Waals surface area contributed by atoms with Crippen molar-refractivity contribution < 1.29 is 5.21 Å². The highest BCUT2D eigenvalue weighted by atomic mass is 79.9. The van der Waals surface area contributed by atoms with Crippen LogP contribution in [0.25, 0.3) is 0 Å². The van der Waals surface area contributed by atoms with E-state index in [4.69, 9.17) is 10.9 Å². The van der Waals surface area contributed by atoms with Crippen LogP contribution in [0.5, 0.6) is 0 Å². The van der Waals surface area contributed by atoms with Gasteiger partial charge >= 0.3 is 0 Å². The number of nitrogen functional groups attached to an aromatic ring is 1. The maximum atomic E-state index is 8.42. The molecule has 1 heterocycles. The highest BCUT2D eigenvalue weighted by Gasteiger charge is 1.97. The molecule has 0 aliphatic carbocycles. The second kappa shape index (κ2) is 2.85.